The van der Waals surface area contributed by atoms with E-state index in [9.17, 15) is 9.00 Å². The lowest BCUT2D eigenvalue weighted by Crippen LogP contribution is -2.55. The van der Waals surface area contributed by atoms with Gasteiger partial charge in [-0.25, -0.2) is 4.21 Å². The summed E-state index contributed by atoms with van der Waals surface area (Å²) in [5.41, 5.74) is 4.01. The van der Waals surface area contributed by atoms with Gasteiger partial charge in [0.25, 0.3) is 5.91 Å². The molecule has 2 aromatic rings. The van der Waals surface area contributed by atoms with E-state index in [2.05, 4.69) is 71.4 Å². The maximum absolute atomic E-state index is 13.5. The fraction of sp³-hybridized carbons (Fsp3) is 0.625. The van der Waals surface area contributed by atoms with Crippen LogP contribution in [-0.2, 0) is 22.8 Å². The minimum Gasteiger partial charge on any atom is -0.490 e. The number of allylic oxidation sites excluding steroid dienone is 1. The normalized spacial score (nSPS) is 34.8. The Hall–Kier alpha value is -2.39. The van der Waals surface area contributed by atoms with Gasteiger partial charge in [0.1, 0.15) is 16.7 Å². The topological polar surface area (TPSA) is 65.1 Å². The van der Waals surface area contributed by atoms with E-state index in [0.717, 1.165) is 75.0 Å². The SMILES string of the molecule is CC1C/C=C/C(CN2CCN(C(C)C)C(C)C2)C2CCC2CN2CC3(CCc4cc(Cl)ccc43)COc3ccc(cc32)C(=O)NS(=O)C1C. The highest BCUT2D eigenvalue weighted by Crippen LogP contribution is 2.48. The maximum atomic E-state index is 13.5. The fourth-order valence-electron chi connectivity index (χ4n) is 9.41. The van der Waals surface area contributed by atoms with Gasteiger partial charge in [-0.1, -0.05) is 36.7 Å². The first-order valence-corrected chi connectivity index (χ1v) is 20.3. The third kappa shape index (κ3) is 7.09. The van der Waals surface area contributed by atoms with E-state index in [1.807, 2.05) is 31.2 Å². The largest absolute Gasteiger partial charge is 0.490 e. The number of hydrogen-bond donors (Lipinski definition) is 1. The van der Waals surface area contributed by atoms with Crippen LogP contribution in [0.4, 0.5) is 5.69 Å². The van der Waals surface area contributed by atoms with Crippen LogP contribution in [0.3, 0.4) is 0 Å². The van der Waals surface area contributed by atoms with Crippen molar-refractivity contribution >= 4 is 34.2 Å². The molecule has 2 bridgehead atoms. The summed E-state index contributed by atoms with van der Waals surface area (Å²) in [6, 6.07) is 13.2. The third-order valence-electron chi connectivity index (χ3n) is 12.7. The minimum absolute atomic E-state index is 0.153. The van der Waals surface area contributed by atoms with Crippen molar-refractivity contribution < 1.29 is 13.7 Å². The standard InChI is InChI=1S/C40H55ClN4O3S/c1-26(2)45-18-17-43(21-28(45)4)22-32-8-6-7-27(3)29(5)49(47)42-39(46)31-10-14-38-37(20-31)44(23-33-9-12-35(32)33)24-40(25-48-38)16-15-30-19-34(41)11-13-36(30)40/h6,8,10-11,13-14,19-20,26-29,32-33,35H,7,9,12,15-18,21-25H2,1-5H3,(H,42,46)/b8-6+. The van der Waals surface area contributed by atoms with Gasteiger partial charge >= 0.3 is 0 Å². The van der Waals surface area contributed by atoms with Crippen molar-refractivity contribution in [3.8, 4) is 5.75 Å². The molecular weight excluding hydrogens is 652 g/mol. The Kier molecular flexibility index (Phi) is 10.2. The zero-order valence-corrected chi connectivity index (χ0v) is 31.6. The van der Waals surface area contributed by atoms with Crippen LogP contribution >= 0.6 is 11.6 Å². The highest BCUT2D eigenvalue weighted by Gasteiger charge is 2.46. The van der Waals surface area contributed by atoms with Gasteiger partial charge in [-0.15, -0.1) is 0 Å². The Morgan fingerprint density at radius 2 is 1.92 bits per heavy atom. The van der Waals surface area contributed by atoms with E-state index in [-0.39, 0.29) is 22.5 Å². The maximum Gasteiger partial charge on any atom is 0.263 e. The first-order chi connectivity index (χ1) is 23.5. The van der Waals surface area contributed by atoms with E-state index < -0.39 is 11.0 Å². The summed E-state index contributed by atoms with van der Waals surface area (Å²) in [5.74, 6) is 2.31. The summed E-state index contributed by atoms with van der Waals surface area (Å²) in [7, 11) is -1.50. The van der Waals surface area contributed by atoms with E-state index in [1.54, 1.807) is 0 Å². The summed E-state index contributed by atoms with van der Waals surface area (Å²) in [6.45, 7) is 17.9. The number of hydrogen-bond acceptors (Lipinski definition) is 6. The summed E-state index contributed by atoms with van der Waals surface area (Å²) < 4.78 is 22.9. The van der Waals surface area contributed by atoms with Crippen LogP contribution in [0.25, 0.3) is 0 Å². The molecule has 8 unspecified atom stereocenters. The molecule has 5 aliphatic rings. The number of carbonyl (C=O) groups is 1. The van der Waals surface area contributed by atoms with E-state index >= 15 is 0 Å². The number of anilines is 1. The van der Waals surface area contributed by atoms with Gasteiger partial charge in [-0.3, -0.25) is 19.3 Å². The second-order valence-corrected chi connectivity index (χ2v) is 18.1. The summed E-state index contributed by atoms with van der Waals surface area (Å²) in [6.07, 6.45) is 10.2. The number of carbonyl (C=O) groups excluding carboxylic acids is 1. The fourth-order valence-corrected chi connectivity index (χ4v) is 10.6. The van der Waals surface area contributed by atoms with Gasteiger partial charge in [-0.2, -0.15) is 0 Å². The second kappa shape index (κ2) is 14.3. The van der Waals surface area contributed by atoms with E-state index in [4.69, 9.17) is 16.3 Å². The van der Waals surface area contributed by atoms with Crippen LogP contribution in [0.15, 0.2) is 48.6 Å². The monoisotopic (exact) mass is 706 g/mol. The zero-order chi connectivity index (χ0) is 34.4. The number of aryl methyl sites for hydroxylation is 1. The molecule has 7 rings (SSSR count). The molecule has 1 N–H and O–H groups in total. The number of halogens is 1. The second-order valence-electron chi connectivity index (χ2n) is 16.1. The van der Waals surface area contributed by atoms with Crippen molar-refractivity contribution in [3.05, 3.63) is 70.3 Å². The first-order valence-electron chi connectivity index (χ1n) is 18.7. The van der Waals surface area contributed by atoms with Crippen molar-refractivity contribution in [2.45, 2.75) is 89.5 Å². The minimum atomic E-state index is -1.50. The predicted molar refractivity (Wildman–Crippen MR) is 201 cm³/mol. The van der Waals surface area contributed by atoms with Gasteiger partial charge in [0.2, 0.25) is 0 Å². The van der Waals surface area contributed by atoms with Crippen LogP contribution < -0.4 is 14.4 Å². The Bertz CT molecular complexity index is 1600. The van der Waals surface area contributed by atoms with Crippen molar-refractivity contribution in [2.24, 2.45) is 23.7 Å². The lowest BCUT2D eigenvalue weighted by molar-refractivity contribution is 0.0359. The highest BCUT2D eigenvalue weighted by molar-refractivity contribution is 7.84. The molecule has 8 atom stereocenters. The van der Waals surface area contributed by atoms with Crippen LogP contribution in [-0.4, -0.2) is 83.1 Å². The average molecular weight is 707 g/mol. The summed E-state index contributed by atoms with van der Waals surface area (Å²) in [4.78, 5) is 21.4. The third-order valence-corrected chi connectivity index (χ3v) is 14.4. The van der Waals surface area contributed by atoms with Gasteiger partial charge in [0, 0.05) is 67.4 Å². The van der Waals surface area contributed by atoms with Crippen LogP contribution in [0.2, 0.25) is 5.02 Å². The van der Waals surface area contributed by atoms with E-state index in [0.29, 0.717) is 42.0 Å². The van der Waals surface area contributed by atoms with Crippen molar-refractivity contribution in [3.63, 3.8) is 0 Å². The summed E-state index contributed by atoms with van der Waals surface area (Å²) >= 11 is 6.45. The molecule has 3 aliphatic heterocycles. The van der Waals surface area contributed by atoms with Crippen molar-refractivity contribution in [1.29, 1.82) is 0 Å². The number of nitrogens with one attached hydrogen (secondary N) is 1. The van der Waals surface area contributed by atoms with Gasteiger partial charge in [0.05, 0.1) is 17.5 Å². The molecule has 1 spiro atoms. The smallest absolute Gasteiger partial charge is 0.263 e. The molecule has 2 fully saturated rings. The Morgan fingerprint density at radius 3 is 2.67 bits per heavy atom. The Labute approximate surface area is 301 Å². The lowest BCUT2D eigenvalue weighted by Gasteiger charge is -2.48. The Balaban J connectivity index is 1.22. The Morgan fingerprint density at radius 1 is 1.08 bits per heavy atom. The molecule has 2 aromatic carbocycles. The molecule has 1 saturated heterocycles. The lowest BCUT2D eigenvalue weighted by atomic mass is 9.66. The van der Waals surface area contributed by atoms with Crippen LogP contribution in [0, 0.1) is 23.7 Å². The zero-order valence-electron chi connectivity index (χ0n) is 30.0. The molecular formula is C40H55ClN4O3S. The first kappa shape index (κ1) is 35.0. The van der Waals surface area contributed by atoms with Crippen molar-refractivity contribution in [2.75, 3.05) is 50.8 Å². The number of amides is 1. The van der Waals surface area contributed by atoms with Crippen LogP contribution in [0.1, 0.15) is 81.8 Å². The van der Waals surface area contributed by atoms with E-state index in [1.165, 1.54) is 24.0 Å². The quantitative estimate of drug-likeness (QED) is 0.352. The number of nitrogens with zero attached hydrogens (tertiary/aromatic N) is 3. The van der Waals surface area contributed by atoms with Crippen LogP contribution in [0.5, 0.6) is 5.75 Å². The van der Waals surface area contributed by atoms with Gasteiger partial charge in [-0.05, 0) is 125 Å². The molecule has 1 amide bonds. The highest BCUT2D eigenvalue weighted by atomic mass is 35.5. The molecule has 0 aromatic heterocycles. The number of fused-ring (bicyclic) bond motifs is 4. The molecule has 49 heavy (non-hydrogen) atoms. The number of rotatable bonds is 3. The molecule has 7 nitrogen and oxygen atoms in total. The summed E-state index contributed by atoms with van der Waals surface area (Å²) in [5, 5.41) is 0.615. The molecule has 0 radical (unpaired) electrons. The molecule has 9 heteroatoms. The molecule has 266 valence electrons. The molecule has 2 aliphatic carbocycles. The number of benzene rings is 2. The molecule has 3 heterocycles. The molecule has 1 saturated carbocycles. The average Bonchev–Trinajstić information content (AvgIpc) is 3.31. The van der Waals surface area contributed by atoms with Crippen molar-refractivity contribution in [1.82, 2.24) is 14.5 Å². The number of piperazine rings is 1. The van der Waals surface area contributed by atoms with Gasteiger partial charge < -0.3 is 9.64 Å². The predicted octanol–water partition coefficient (Wildman–Crippen LogP) is 6.86. The number of ether oxygens (including phenoxy) is 1. The van der Waals surface area contributed by atoms with Gasteiger partial charge in [0.15, 0.2) is 0 Å².